The van der Waals surface area contributed by atoms with Gasteiger partial charge in [-0.25, -0.2) is 8.42 Å². The molecule has 0 aromatic heterocycles. The molecule has 1 amide bonds. The molecule has 0 aliphatic rings. The van der Waals surface area contributed by atoms with Crippen LogP contribution >= 0.6 is 0 Å². The Morgan fingerprint density at radius 1 is 1.40 bits per heavy atom. The van der Waals surface area contributed by atoms with Crippen molar-refractivity contribution in [3.63, 3.8) is 0 Å². The van der Waals surface area contributed by atoms with Crippen LogP contribution in [0.2, 0.25) is 0 Å². The number of hydrogen-bond acceptors (Lipinski definition) is 4. The third kappa shape index (κ3) is 4.78. The van der Waals surface area contributed by atoms with E-state index in [4.69, 9.17) is 5.11 Å². The molecule has 0 saturated heterocycles. The molecule has 0 radical (unpaired) electrons. The second kappa shape index (κ2) is 5.69. The van der Waals surface area contributed by atoms with Gasteiger partial charge in [0.25, 0.3) is 0 Å². The Bertz CT molecular complexity index is 335. The Kier molecular flexibility index (Phi) is 5.27. The molecule has 0 fully saturated rings. The van der Waals surface area contributed by atoms with Gasteiger partial charge in [-0.3, -0.25) is 9.59 Å². The van der Waals surface area contributed by atoms with Crippen LogP contribution in [-0.4, -0.2) is 42.9 Å². The molecule has 88 valence electrons. The zero-order valence-electron chi connectivity index (χ0n) is 8.69. The molecule has 1 atom stereocenters. The third-order valence-electron chi connectivity index (χ3n) is 1.87. The maximum Gasteiger partial charge on any atom is 0.321 e. The van der Waals surface area contributed by atoms with E-state index in [0.29, 0.717) is 6.54 Å². The predicted octanol–water partition coefficient (Wildman–Crippen LogP) is -0.599. The van der Waals surface area contributed by atoms with Gasteiger partial charge in [0.15, 0.2) is 15.1 Å². The van der Waals surface area contributed by atoms with Crippen molar-refractivity contribution in [2.45, 2.75) is 25.5 Å². The number of nitrogens with one attached hydrogen (secondary N) is 1. The van der Waals surface area contributed by atoms with Crippen molar-refractivity contribution in [3.05, 3.63) is 0 Å². The summed E-state index contributed by atoms with van der Waals surface area (Å²) in [7, 11) is -3.73. The van der Waals surface area contributed by atoms with Gasteiger partial charge in [0.05, 0.1) is 5.75 Å². The van der Waals surface area contributed by atoms with Crippen molar-refractivity contribution in [1.82, 2.24) is 5.32 Å². The topological polar surface area (TPSA) is 101 Å². The van der Waals surface area contributed by atoms with E-state index in [0.717, 1.165) is 6.92 Å². The highest BCUT2D eigenvalue weighted by atomic mass is 32.2. The Morgan fingerprint density at radius 3 is 2.33 bits per heavy atom. The van der Waals surface area contributed by atoms with E-state index in [9.17, 15) is 18.0 Å². The van der Waals surface area contributed by atoms with Crippen molar-refractivity contribution in [2.75, 3.05) is 12.3 Å². The zero-order valence-corrected chi connectivity index (χ0v) is 9.50. The summed E-state index contributed by atoms with van der Waals surface area (Å²) in [6.07, 6.45) is -0.201. The Labute approximate surface area is 88.6 Å². The minimum absolute atomic E-state index is 0.201. The van der Waals surface area contributed by atoms with Crippen LogP contribution < -0.4 is 5.32 Å². The Balaban J connectivity index is 4.29. The monoisotopic (exact) mass is 237 g/mol. The number of carboxylic acids is 1. The number of carboxylic acid groups (broad SMARTS) is 1. The van der Waals surface area contributed by atoms with Gasteiger partial charge in [0.2, 0.25) is 5.91 Å². The number of amides is 1. The van der Waals surface area contributed by atoms with Crippen molar-refractivity contribution in [2.24, 2.45) is 0 Å². The van der Waals surface area contributed by atoms with E-state index in [2.05, 4.69) is 5.32 Å². The smallest absolute Gasteiger partial charge is 0.321 e. The van der Waals surface area contributed by atoms with Crippen LogP contribution in [0.25, 0.3) is 0 Å². The zero-order chi connectivity index (χ0) is 12.1. The van der Waals surface area contributed by atoms with Crippen LogP contribution in [0.15, 0.2) is 0 Å². The first-order chi connectivity index (χ1) is 6.81. The normalized spacial score (nSPS) is 13.2. The molecule has 6 nitrogen and oxygen atoms in total. The van der Waals surface area contributed by atoms with Crippen molar-refractivity contribution in [3.8, 4) is 0 Å². The first-order valence-electron chi connectivity index (χ1n) is 4.52. The number of carbonyl (C=O) groups is 2. The minimum Gasteiger partial charge on any atom is -0.480 e. The molecule has 0 aromatic rings. The van der Waals surface area contributed by atoms with E-state index in [1.807, 2.05) is 0 Å². The number of aliphatic carboxylic acids is 1. The molecule has 15 heavy (non-hydrogen) atoms. The van der Waals surface area contributed by atoms with Crippen molar-refractivity contribution >= 4 is 21.7 Å². The highest BCUT2D eigenvalue weighted by Crippen LogP contribution is 2.03. The first kappa shape index (κ1) is 13.9. The van der Waals surface area contributed by atoms with Gasteiger partial charge in [-0.1, -0.05) is 0 Å². The van der Waals surface area contributed by atoms with Crippen LogP contribution in [0, 0.1) is 0 Å². The van der Waals surface area contributed by atoms with Crippen molar-refractivity contribution in [1.29, 1.82) is 0 Å². The maximum absolute atomic E-state index is 11.3. The number of hydrogen-bond donors (Lipinski definition) is 2. The standard InChI is InChI=1S/C8H15NO5S/c1-3-9-7(10)4-5-15(13,14)6(2)8(11)12/h6H,3-5H2,1-2H3,(H,9,10)(H,11,12). The Hall–Kier alpha value is -1.11. The summed E-state index contributed by atoms with van der Waals surface area (Å²) in [6.45, 7) is 3.23. The van der Waals surface area contributed by atoms with Crippen LogP contribution in [0.4, 0.5) is 0 Å². The molecule has 0 rings (SSSR count). The summed E-state index contributed by atoms with van der Waals surface area (Å²) >= 11 is 0. The summed E-state index contributed by atoms with van der Waals surface area (Å²) in [4.78, 5) is 21.4. The minimum atomic E-state index is -3.73. The van der Waals surface area contributed by atoms with Gasteiger partial charge >= 0.3 is 5.97 Å². The molecule has 0 heterocycles. The van der Waals surface area contributed by atoms with E-state index in [1.165, 1.54) is 0 Å². The van der Waals surface area contributed by atoms with Crippen LogP contribution in [0.5, 0.6) is 0 Å². The quantitative estimate of drug-likeness (QED) is 0.642. The van der Waals surface area contributed by atoms with Gasteiger partial charge in [-0.05, 0) is 13.8 Å². The lowest BCUT2D eigenvalue weighted by molar-refractivity contribution is -0.136. The average Bonchev–Trinajstić information content (AvgIpc) is 2.14. The molecule has 1 unspecified atom stereocenters. The molecule has 2 N–H and O–H groups in total. The summed E-state index contributed by atoms with van der Waals surface area (Å²) in [6, 6.07) is 0. The highest BCUT2D eigenvalue weighted by molar-refractivity contribution is 7.92. The van der Waals surface area contributed by atoms with Crippen LogP contribution in [0.3, 0.4) is 0 Å². The second-order valence-corrected chi connectivity index (χ2v) is 5.49. The van der Waals surface area contributed by atoms with Gasteiger partial charge in [0, 0.05) is 13.0 Å². The van der Waals surface area contributed by atoms with Gasteiger partial charge in [-0.2, -0.15) is 0 Å². The molecule has 0 aliphatic heterocycles. The predicted molar refractivity (Wildman–Crippen MR) is 54.2 cm³/mol. The molecule has 7 heteroatoms. The molecule has 0 spiro atoms. The van der Waals surface area contributed by atoms with Crippen LogP contribution in [-0.2, 0) is 19.4 Å². The second-order valence-electron chi connectivity index (χ2n) is 3.05. The van der Waals surface area contributed by atoms with Gasteiger partial charge in [0.1, 0.15) is 0 Å². The van der Waals surface area contributed by atoms with E-state index in [-0.39, 0.29) is 6.42 Å². The first-order valence-corrected chi connectivity index (χ1v) is 6.24. The van der Waals surface area contributed by atoms with Gasteiger partial charge < -0.3 is 10.4 Å². The lowest BCUT2D eigenvalue weighted by Crippen LogP contribution is -2.32. The molecular formula is C8H15NO5S. The Morgan fingerprint density at radius 2 is 1.93 bits per heavy atom. The molecule has 0 bridgehead atoms. The van der Waals surface area contributed by atoms with E-state index >= 15 is 0 Å². The summed E-state index contributed by atoms with van der Waals surface area (Å²) in [5.41, 5.74) is 0. The molecule has 0 saturated carbocycles. The van der Waals surface area contributed by atoms with E-state index in [1.54, 1.807) is 6.92 Å². The summed E-state index contributed by atoms with van der Waals surface area (Å²) in [5, 5.41) is 9.48. The fourth-order valence-corrected chi connectivity index (χ4v) is 1.98. The SMILES string of the molecule is CCNC(=O)CCS(=O)(=O)C(C)C(=O)O. The number of rotatable bonds is 6. The lowest BCUT2D eigenvalue weighted by atomic mass is 10.4. The summed E-state index contributed by atoms with van der Waals surface area (Å²) < 4.78 is 22.6. The maximum atomic E-state index is 11.3. The largest absolute Gasteiger partial charge is 0.480 e. The molecule has 0 aliphatic carbocycles. The summed E-state index contributed by atoms with van der Waals surface area (Å²) in [5.74, 6) is -2.23. The third-order valence-corrected chi connectivity index (χ3v) is 3.93. The lowest BCUT2D eigenvalue weighted by Gasteiger charge is -2.07. The highest BCUT2D eigenvalue weighted by Gasteiger charge is 2.27. The molecule has 0 aromatic carbocycles. The number of carbonyl (C=O) groups excluding carboxylic acids is 1. The van der Waals surface area contributed by atoms with Crippen molar-refractivity contribution < 1.29 is 23.1 Å². The van der Waals surface area contributed by atoms with Crippen LogP contribution in [0.1, 0.15) is 20.3 Å². The van der Waals surface area contributed by atoms with Gasteiger partial charge in [-0.15, -0.1) is 0 Å². The fraction of sp³-hybridized carbons (Fsp3) is 0.750. The average molecular weight is 237 g/mol. The fourth-order valence-electron chi connectivity index (χ4n) is 0.851. The number of sulfone groups is 1. The van der Waals surface area contributed by atoms with E-state index < -0.39 is 32.7 Å². The molecular weight excluding hydrogens is 222 g/mol.